The smallest absolute Gasteiger partial charge is 0.317 e. The van der Waals surface area contributed by atoms with Crippen LogP contribution in [0.4, 0.5) is 10.6 Å². The molecule has 1 aromatic rings. The molecule has 25 heavy (non-hydrogen) atoms. The molecule has 2 amide bonds. The molecule has 5 nitrogen and oxygen atoms in total. The third kappa shape index (κ3) is 3.75. The van der Waals surface area contributed by atoms with E-state index >= 15 is 0 Å². The van der Waals surface area contributed by atoms with Gasteiger partial charge in [0.15, 0.2) is 0 Å². The Labute approximate surface area is 150 Å². The number of piperidine rings is 1. The second kappa shape index (κ2) is 7.22. The van der Waals surface area contributed by atoms with Gasteiger partial charge < -0.3 is 15.1 Å². The molecule has 0 radical (unpaired) electrons. The van der Waals surface area contributed by atoms with Gasteiger partial charge in [0.1, 0.15) is 5.82 Å². The first-order valence-electron chi connectivity index (χ1n) is 9.96. The summed E-state index contributed by atoms with van der Waals surface area (Å²) in [5.74, 6) is 1.08. The summed E-state index contributed by atoms with van der Waals surface area (Å²) in [5.41, 5.74) is 0.250. The summed E-state index contributed by atoms with van der Waals surface area (Å²) in [6.07, 6.45) is 11.5. The predicted octanol–water partition coefficient (Wildman–Crippen LogP) is 3.42. The van der Waals surface area contributed by atoms with Gasteiger partial charge in [-0.3, -0.25) is 0 Å². The maximum atomic E-state index is 12.7. The molecular weight excluding hydrogens is 312 g/mol. The number of nitrogens with one attached hydrogen (secondary N) is 1. The fourth-order valence-corrected chi connectivity index (χ4v) is 4.90. The van der Waals surface area contributed by atoms with Crippen molar-refractivity contribution >= 4 is 11.8 Å². The predicted molar refractivity (Wildman–Crippen MR) is 99.7 cm³/mol. The number of carbonyl (C=O) groups is 1. The van der Waals surface area contributed by atoms with Crippen molar-refractivity contribution in [1.82, 2.24) is 15.2 Å². The summed E-state index contributed by atoms with van der Waals surface area (Å²) >= 11 is 0. The van der Waals surface area contributed by atoms with Gasteiger partial charge in [0.2, 0.25) is 0 Å². The van der Waals surface area contributed by atoms with E-state index in [0.717, 1.165) is 51.3 Å². The topological polar surface area (TPSA) is 48.5 Å². The molecule has 3 heterocycles. The van der Waals surface area contributed by atoms with Crippen molar-refractivity contribution in [2.45, 2.75) is 57.4 Å². The first kappa shape index (κ1) is 16.7. The van der Waals surface area contributed by atoms with E-state index in [1.54, 1.807) is 0 Å². The summed E-state index contributed by atoms with van der Waals surface area (Å²) in [5, 5.41) is 3.29. The summed E-state index contributed by atoms with van der Waals surface area (Å²) in [7, 11) is 0. The average molecular weight is 342 g/mol. The largest absolute Gasteiger partial charge is 0.356 e. The number of hydrogen-bond donors (Lipinski definition) is 1. The first-order chi connectivity index (χ1) is 12.2. The highest BCUT2D eigenvalue weighted by Gasteiger charge is 2.43. The molecule has 5 heteroatoms. The van der Waals surface area contributed by atoms with Gasteiger partial charge >= 0.3 is 6.03 Å². The summed E-state index contributed by atoms with van der Waals surface area (Å²) in [4.78, 5) is 21.7. The van der Waals surface area contributed by atoms with Gasteiger partial charge in [-0.25, -0.2) is 9.78 Å². The molecule has 4 rings (SSSR count). The number of nitrogens with zero attached hydrogens (tertiary/aromatic N) is 3. The Morgan fingerprint density at radius 3 is 2.76 bits per heavy atom. The molecule has 1 N–H and O–H groups in total. The molecule has 0 unspecified atom stereocenters. The molecule has 1 atom stereocenters. The fraction of sp³-hybridized carbons (Fsp3) is 0.700. The van der Waals surface area contributed by atoms with E-state index in [4.69, 9.17) is 0 Å². The van der Waals surface area contributed by atoms with Crippen molar-refractivity contribution in [2.75, 3.05) is 31.1 Å². The van der Waals surface area contributed by atoms with Crippen molar-refractivity contribution in [3.05, 3.63) is 24.4 Å². The summed E-state index contributed by atoms with van der Waals surface area (Å²) < 4.78 is 0. The number of aromatic nitrogens is 1. The van der Waals surface area contributed by atoms with Gasteiger partial charge in [0, 0.05) is 43.8 Å². The van der Waals surface area contributed by atoms with Crippen molar-refractivity contribution in [1.29, 1.82) is 0 Å². The number of likely N-dealkylation sites (tertiary alicyclic amines) is 1. The Bertz CT molecular complexity index is 587. The van der Waals surface area contributed by atoms with Gasteiger partial charge in [0.25, 0.3) is 0 Å². The lowest BCUT2D eigenvalue weighted by atomic mass is 9.79. The van der Waals surface area contributed by atoms with E-state index in [1.165, 1.54) is 32.1 Å². The Morgan fingerprint density at radius 1 is 1.08 bits per heavy atom. The van der Waals surface area contributed by atoms with E-state index in [0.29, 0.717) is 6.04 Å². The number of urea groups is 1. The zero-order chi connectivity index (χ0) is 17.1. The minimum atomic E-state index is 0.165. The van der Waals surface area contributed by atoms with Gasteiger partial charge in [-0.2, -0.15) is 0 Å². The molecule has 1 aromatic heterocycles. The minimum Gasteiger partial charge on any atom is -0.356 e. The van der Waals surface area contributed by atoms with E-state index in [2.05, 4.69) is 32.2 Å². The summed E-state index contributed by atoms with van der Waals surface area (Å²) in [6.45, 7) is 3.90. The Balaban J connectivity index is 1.36. The highest BCUT2D eigenvalue weighted by molar-refractivity contribution is 5.75. The number of carbonyl (C=O) groups excluding carboxylic acids is 1. The molecule has 2 aliphatic heterocycles. The van der Waals surface area contributed by atoms with Crippen LogP contribution in [-0.4, -0.2) is 48.1 Å². The average Bonchev–Trinajstić information content (AvgIpc) is 3.07. The SMILES string of the molecule is O=C(NC1CCCCC1)N1CC[C@@]2(CCCN(c3ccccn3)C2)C1. The minimum absolute atomic E-state index is 0.165. The van der Waals surface area contributed by atoms with Gasteiger partial charge in [-0.1, -0.05) is 25.3 Å². The molecule has 2 saturated heterocycles. The van der Waals surface area contributed by atoms with Crippen molar-refractivity contribution in [3.8, 4) is 0 Å². The van der Waals surface area contributed by atoms with Crippen LogP contribution in [0.1, 0.15) is 51.4 Å². The molecule has 136 valence electrons. The lowest BCUT2D eigenvalue weighted by Gasteiger charge is -2.41. The van der Waals surface area contributed by atoms with Gasteiger partial charge in [-0.05, 0) is 44.2 Å². The van der Waals surface area contributed by atoms with Crippen molar-refractivity contribution in [2.24, 2.45) is 5.41 Å². The highest BCUT2D eigenvalue weighted by atomic mass is 16.2. The molecule has 1 aliphatic carbocycles. The molecule has 1 saturated carbocycles. The monoisotopic (exact) mass is 342 g/mol. The van der Waals surface area contributed by atoms with Crippen LogP contribution in [-0.2, 0) is 0 Å². The quantitative estimate of drug-likeness (QED) is 0.896. The van der Waals surface area contributed by atoms with Gasteiger partial charge in [0.05, 0.1) is 0 Å². The van der Waals surface area contributed by atoms with Crippen LogP contribution in [0.25, 0.3) is 0 Å². The molecule has 1 spiro atoms. The highest BCUT2D eigenvalue weighted by Crippen LogP contribution is 2.40. The van der Waals surface area contributed by atoms with Crippen LogP contribution in [0.5, 0.6) is 0 Å². The van der Waals surface area contributed by atoms with E-state index in [1.807, 2.05) is 12.3 Å². The third-order valence-electron chi connectivity index (χ3n) is 6.29. The lowest BCUT2D eigenvalue weighted by Crippen LogP contribution is -2.48. The zero-order valence-electron chi connectivity index (χ0n) is 15.1. The summed E-state index contributed by atoms with van der Waals surface area (Å²) in [6, 6.07) is 6.69. The number of amides is 2. The van der Waals surface area contributed by atoms with Crippen molar-refractivity contribution < 1.29 is 4.79 Å². The van der Waals surface area contributed by atoms with E-state index in [9.17, 15) is 4.79 Å². The third-order valence-corrected chi connectivity index (χ3v) is 6.29. The van der Waals surface area contributed by atoms with Gasteiger partial charge in [-0.15, -0.1) is 0 Å². The number of hydrogen-bond acceptors (Lipinski definition) is 3. The van der Waals surface area contributed by atoms with E-state index < -0.39 is 0 Å². The second-order valence-electron chi connectivity index (χ2n) is 8.17. The molecule has 3 aliphatic rings. The number of pyridine rings is 1. The lowest BCUT2D eigenvalue weighted by molar-refractivity contribution is 0.185. The zero-order valence-corrected chi connectivity index (χ0v) is 15.1. The van der Waals surface area contributed by atoms with Crippen molar-refractivity contribution in [3.63, 3.8) is 0 Å². The van der Waals surface area contributed by atoms with Crippen LogP contribution in [0.3, 0.4) is 0 Å². The molecule has 0 bridgehead atoms. The maximum absolute atomic E-state index is 12.7. The van der Waals surface area contributed by atoms with Crippen LogP contribution >= 0.6 is 0 Å². The number of anilines is 1. The Kier molecular flexibility index (Phi) is 4.82. The van der Waals surface area contributed by atoms with Crippen LogP contribution in [0.2, 0.25) is 0 Å². The molecular formula is C20H30N4O. The Morgan fingerprint density at radius 2 is 1.96 bits per heavy atom. The maximum Gasteiger partial charge on any atom is 0.317 e. The molecule has 3 fully saturated rings. The number of rotatable bonds is 2. The van der Waals surface area contributed by atoms with E-state index in [-0.39, 0.29) is 11.4 Å². The second-order valence-corrected chi connectivity index (χ2v) is 8.17. The first-order valence-corrected chi connectivity index (χ1v) is 9.96. The van der Waals surface area contributed by atoms with Crippen LogP contribution in [0, 0.1) is 5.41 Å². The standard InChI is InChI=1S/C20H30N4O/c25-19(22-17-7-2-1-3-8-17)24-14-11-20(16-24)10-6-13-23(15-20)18-9-4-5-12-21-18/h4-5,9,12,17H,1-3,6-8,10-11,13-16H2,(H,22,25)/t20-/m1/s1. The molecule has 0 aromatic carbocycles. The van der Waals surface area contributed by atoms with Crippen LogP contribution in [0.15, 0.2) is 24.4 Å². The normalized spacial score (nSPS) is 27.7. The fourth-order valence-electron chi connectivity index (χ4n) is 4.90. The van der Waals surface area contributed by atoms with Crippen LogP contribution < -0.4 is 10.2 Å². The Hall–Kier alpha value is -1.78.